The van der Waals surface area contributed by atoms with Gasteiger partial charge in [0.15, 0.2) is 0 Å². The highest BCUT2D eigenvalue weighted by molar-refractivity contribution is 5.71. The molecule has 20 heavy (non-hydrogen) atoms. The number of benzene rings is 2. The highest BCUT2D eigenvalue weighted by Crippen LogP contribution is 2.31. The molecular formula is C19H19F. The lowest BCUT2D eigenvalue weighted by Gasteiger charge is -2.14. The fourth-order valence-electron chi connectivity index (χ4n) is 2.86. The van der Waals surface area contributed by atoms with Crippen molar-refractivity contribution in [3.05, 3.63) is 65.5 Å². The van der Waals surface area contributed by atoms with E-state index in [1.54, 1.807) is 6.07 Å². The third-order valence-electron chi connectivity index (χ3n) is 3.96. The maximum absolute atomic E-state index is 14.4. The van der Waals surface area contributed by atoms with Gasteiger partial charge in [-0.15, -0.1) is 0 Å². The van der Waals surface area contributed by atoms with Crippen molar-refractivity contribution in [3.8, 4) is 11.1 Å². The Kier molecular flexibility index (Phi) is 3.68. The first-order valence-corrected chi connectivity index (χ1v) is 7.30. The van der Waals surface area contributed by atoms with Crippen molar-refractivity contribution in [2.24, 2.45) is 0 Å². The van der Waals surface area contributed by atoms with Gasteiger partial charge in [-0.1, -0.05) is 48.0 Å². The van der Waals surface area contributed by atoms with Gasteiger partial charge in [0.05, 0.1) is 0 Å². The summed E-state index contributed by atoms with van der Waals surface area (Å²) in [6.45, 7) is 2.06. The van der Waals surface area contributed by atoms with Crippen LogP contribution in [0.2, 0.25) is 0 Å². The molecule has 0 radical (unpaired) electrons. The Bertz CT molecular complexity index is 653. The third-order valence-corrected chi connectivity index (χ3v) is 3.96. The zero-order valence-corrected chi connectivity index (χ0v) is 11.8. The highest BCUT2D eigenvalue weighted by Gasteiger charge is 2.11. The summed E-state index contributed by atoms with van der Waals surface area (Å²) >= 11 is 0. The Morgan fingerprint density at radius 3 is 2.50 bits per heavy atom. The molecule has 0 saturated carbocycles. The molecule has 0 nitrogen and oxygen atoms in total. The number of hydrogen-bond acceptors (Lipinski definition) is 0. The van der Waals surface area contributed by atoms with Crippen LogP contribution in [0.15, 0.2) is 48.5 Å². The van der Waals surface area contributed by atoms with E-state index in [9.17, 15) is 4.39 Å². The summed E-state index contributed by atoms with van der Waals surface area (Å²) in [6, 6.07) is 13.8. The van der Waals surface area contributed by atoms with E-state index < -0.39 is 0 Å². The minimum Gasteiger partial charge on any atom is -0.206 e. The Balaban J connectivity index is 1.97. The van der Waals surface area contributed by atoms with Crippen LogP contribution in [0.3, 0.4) is 0 Å². The Morgan fingerprint density at radius 1 is 0.950 bits per heavy atom. The average Bonchev–Trinajstić information content (AvgIpc) is 2.48. The predicted octanol–water partition coefficient (Wildman–Crippen LogP) is 5.76. The van der Waals surface area contributed by atoms with Crippen LogP contribution in [0, 0.1) is 12.7 Å². The third kappa shape index (κ3) is 2.67. The fraction of sp³-hybridized carbons (Fsp3) is 0.263. The van der Waals surface area contributed by atoms with Crippen molar-refractivity contribution < 1.29 is 4.39 Å². The molecule has 3 rings (SSSR count). The normalized spacial score (nSPS) is 15.0. The lowest BCUT2D eigenvalue weighted by atomic mass is 9.92. The van der Waals surface area contributed by atoms with Crippen molar-refractivity contribution in [1.29, 1.82) is 0 Å². The molecule has 0 atom stereocenters. The summed E-state index contributed by atoms with van der Waals surface area (Å²) in [5.41, 5.74) is 5.17. The van der Waals surface area contributed by atoms with Gasteiger partial charge in [-0.3, -0.25) is 0 Å². The monoisotopic (exact) mass is 266 g/mol. The highest BCUT2D eigenvalue weighted by atomic mass is 19.1. The number of halogens is 1. The van der Waals surface area contributed by atoms with E-state index in [1.165, 1.54) is 24.0 Å². The van der Waals surface area contributed by atoms with Gasteiger partial charge in [0.2, 0.25) is 0 Å². The van der Waals surface area contributed by atoms with Crippen molar-refractivity contribution in [2.75, 3.05) is 0 Å². The summed E-state index contributed by atoms with van der Waals surface area (Å²) < 4.78 is 14.4. The Morgan fingerprint density at radius 2 is 1.80 bits per heavy atom. The first kappa shape index (κ1) is 13.1. The van der Waals surface area contributed by atoms with Gasteiger partial charge in [0, 0.05) is 5.56 Å². The molecule has 0 heterocycles. The zero-order valence-electron chi connectivity index (χ0n) is 11.8. The molecular weight excluding hydrogens is 247 g/mol. The van der Waals surface area contributed by atoms with E-state index >= 15 is 0 Å². The number of hydrogen-bond donors (Lipinski definition) is 0. The molecule has 1 aliphatic carbocycles. The number of aryl methyl sites for hydroxylation is 1. The maximum Gasteiger partial charge on any atom is 0.131 e. The van der Waals surface area contributed by atoms with Gasteiger partial charge < -0.3 is 0 Å². The maximum atomic E-state index is 14.4. The zero-order chi connectivity index (χ0) is 13.9. The summed E-state index contributed by atoms with van der Waals surface area (Å²) in [5.74, 6) is -0.0999. The molecule has 2 aromatic carbocycles. The molecule has 1 heteroatoms. The van der Waals surface area contributed by atoms with Crippen LogP contribution in [0.1, 0.15) is 36.8 Å². The Labute approximate surface area is 120 Å². The summed E-state index contributed by atoms with van der Waals surface area (Å²) in [4.78, 5) is 0. The average molecular weight is 266 g/mol. The smallest absolute Gasteiger partial charge is 0.131 e. The lowest BCUT2D eigenvalue weighted by molar-refractivity contribution is 0.621. The molecule has 0 aromatic heterocycles. The SMILES string of the molecule is Cc1cccc(-c2ccc(C3=CCCCC3)c(F)c2)c1. The van der Waals surface area contributed by atoms with Crippen LogP contribution in [0.5, 0.6) is 0 Å². The standard InChI is InChI=1S/C19H19F/c1-14-6-5-9-16(12-14)17-10-11-18(19(20)13-17)15-7-3-2-4-8-15/h5-7,9-13H,2-4,8H2,1H3. The minimum absolute atomic E-state index is 0.0999. The molecule has 0 aliphatic heterocycles. The number of allylic oxidation sites excluding steroid dienone is 2. The first-order chi connectivity index (χ1) is 9.74. The van der Waals surface area contributed by atoms with Crippen LogP contribution in [0.25, 0.3) is 16.7 Å². The largest absolute Gasteiger partial charge is 0.206 e. The van der Waals surface area contributed by atoms with Crippen molar-refractivity contribution in [1.82, 2.24) is 0 Å². The van der Waals surface area contributed by atoms with Gasteiger partial charge >= 0.3 is 0 Å². The molecule has 102 valence electrons. The van der Waals surface area contributed by atoms with E-state index in [4.69, 9.17) is 0 Å². The van der Waals surface area contributed by atoms with Gasteiger partial charge in [0.1, 0.15) is 5.82 Å². The van der Waals surface area contributed by atoms with Crippen molar-refractivity contribution in [2.45, 2.75) is 32.6 Å². The van der Waals surface area contributed by atoms with Gasteiger partial charge in [-0.25, -0.2) is 4.39 Å². The van der Waals surface area contributed by atoms with Crippen LogP contribution in [-0.4, -0.2) is 0 Å². The van der Waals surface area contributed by atoms with E-state index in [2.05, 4.69) is 25.1 Å². The van der Waals surface area contributed by atoms with E-state index in [0.29, 0.717) is 0 Å². The van der Waals surface area contributed by atoms with Crippen LogP contribution < -0.4 is 0 Å². The summed E-state index contributed by atoms with van der Waals surface area (Å²) in [6.07, 6.45) is 6.67. The molecule has 0 fully saturated rings. The molecule has 0 amide bonds. The van der Waals surface area contributed by atoms with Crippen LogP contribution in [-0.2, 0) is 0 Å². The first-order valence-electron chi connectivity index (χ1n) is 7.30. The second kappa shape index (κ2) is 5.62. The van der Waals surface area contributed by atoms with Crippen LogP contribution >= 0.6 is 0 Å². The second-order valence-corrected chi connectivity index (χ2v) is 5.54. The van der Waals surface area contributed by atoms with Gasteiger partial charge in [-0.05, 0) is 55.4 Å². The molecule has 0 unspecified atom stereocenters. The molecule has 1 aliphatic rings. The summed E-state index contributed by atoms with van der Waals surface area (Å²) in [7, 11) is 0. The second-order valence-electron chi connectivity index (χ2n) is 5.54. The van der Waals surface area contributed by atoms with E-state index in [1.807, 2.05) is 24.3 Å². The lowest BCUT2D eigenvalue weighted by Crippen LogP contribution is -1.95. The summed E-state index contributed by atoms with van der Waals surface area (Å²) in [5, 5.41) is 0. The van der Waals surface area contributed by atoms with Crippen molar-refractivity contribution >= 4 is 5.57 Å². The van der Waals surface area contributed by atoms with E-state index in [-0.39, 0.29) is 5.82 Å². The molecule has 0 N–H and O–H groups in total. The number of rotatable bonds is 2. The molecule has 0 spiro atoms. The minimum atomic E-state index is -0.0999. The topological polar surface area (TPSA) is 0 Å². The molecule has 2 aromatic rings. The fourth-order valence-corrected chi connectivity index (χ4v) is 2.86. The Hall–Kier alpha value is -1.89. The van der Waals surface area contributed by atoms with Gasteiger partial charge in [0.25, 0.3) is 0 Å². The van der Waals surface area contributed by atoms with Crippen molar-refractivity contribution in [3.63, 3.8) is 0 Å². The molecule has 0 saturated heterocycles. The molecule has 0 bridgehead atoms. The predicted molar refractivity (Wildman–Crippen MR) is 83.0 cm³/mol. The van der Waals surface area contributed by atoms with E-state index in [0.717, 1.165) is 29.5 Å². The van der Waals surface area contributed by atoms with Gasteiger partial charge in [-0.2, -0.15) is 0 Å². The quantitative estimate of drug-likeness (QED) is 0.648. The van der Waals surface area contributed by atoms with Crippen LogP contribution in [0.4, 0.5) is 4.39 Å².